The molecule has 0 saturated carbocycles. The summed E-state index contributed by atoms with van der Waals surface area (Å²) < 4.78 is 0. The van der Waals surface area contributed by atoms with Crippen LogP contribution in [0.15, 0.2) is 0 Å². The maximum atomic E-state index is 9.88. The van der Waals surface area contributed by atoms with Crippen LogP contribution in [0.25, 0.3) is 0 Å². The second-order valence-corrected chi connectivity index (χ2v) is 5.70. The van der Waals surface area contributed by atoms with Crippen LogP contribution in [-0.4, -0.2) is 47.3 Å². The molecule has 2 atom stereocenters. The highest BCUT2D eigenvalue weighted by Gasteiger charge is 2.35. The van der Waals surface area contributed by atoms with Crippen molar-refractivity contribution in [2.24, 2.45) is 0 Å². The molecule has 0 aliphatic carbocycles. The molecule has 0 aromatic rings. The van der Waals surface area contributed by atoms with E-state index in [1.165, 1.54) is 32.2 Å². The number of β-amino-alcohol motifs (C(OH)–C–C–N with tert-alkyl or cyclic N) is 1. The molecule has 2 rings (SSSR count). The predicted molar refractivity (Wildman–Crippen MR) is 61.9 cm³/mol. The van der Waals surface area contributed by atoms with Crippen LogP contribution in [0.2, 0.25) is 0 Å². The monoisotopic (exact) mass is 212 g/mol. The Hall–Kier alpha value is -0.120. The number of hydrogen-bond donors (Lipinski definition) is 2. The van der Waals surface area contributed by atoms with Crippen LogP contribution in [0.5, 0.6) is 0 Å². The third-order valence-electron chi connectivity index (χ3n) is 3.57. The highest BCUT2D eigenvalue weighted by Crippen LogP contribution is 2.26. The fourth-order valence-electron chi connectivity index (χ4n) is 3.04. The summed E-state index contributed by atoms with van der Waals surface area (Å²) in [6.45, 7) is 6.97. The van der Waals surface area contributed by atoms with Crippen LogP contribution < -0.4 is 5.32 Å². The van der Waals surface area contributed by atoms with E-state index in [2.05, 4.69) is 10.2 Å². The molecule has 2 N–H and O–H groups in total. The number of rotatable bonds is 3. The van der Waals surface area contributed by atoms with E-state index in [0.717, 1.165) is 13.1 Å². The molecule has 2 unspecified atom stereocenters. The molecule has 0 bridgehead atoms. The molecule has 3 heteroatoms. The van der Waals surface area contributed by atoms with Crippen molar-refractivity contribution in [2.45, 2.75) is 57.2 Å². The van der Waals surface area contributed by atoms with Crippen LogP contribution in [-0.2, 0) is 0 Å². The largest absolute Gasteiger partial charge is 0.389 e. The fourth-order valence-corrected chi connectivity index (χ4v) is 3.04. The molecule has 2 saturated heterocycles. The van der Waals surface area contributed by atoms with Gasteiger partial charge in [0.25, 0.3) is 0 Å². The van der Waals surface area contributed by atoms with Crippen LogP contribution in [0.3, 0.4) is 0 Å². The molecule has 15 heavy (non-hydrogen) atoms. The summed E-state index contributed by atoms with van der Waals surface area (Å²) in [4.78, 5) is 2.48. The van der Waals surface area contributed by atoms with Gasteiger partial charge < -0.3 is 10.4 Å². The summed E-state index contributed by atoms with van der Waals surface area (Å²) in [5.74, 6) is 0. The van der Waals surface area contributed by atoms with Crippen molar-refractivity contribution >= 4 is 0 Å². The minimum Gasteiger partial charge on any atom is -0.389 e. The van der Waals surface area contributed by atoms with Crippen molar-refractivity contribution in [3.8, 4) is 0 Å². The molecule has 0 spiro atoms. The Morgan fingerprint density at radius 3 is 2.73 bits per heavy atom. The van der Waals surface area contributed by atoms with E-state index in [-0.39, 0.29) is 0 Å². The Labute approximate surface area is 92.8 Å². The summed E-state index contributed by atoms with van der Waals surface area (Å²) in [7, 11) is 0. The Morgan fingerprint density at radius 2 is 2.13 bits per heavy atom. The molecule has 2 aliphatic heterocycles. The SMILES string of the molecule is CC(C)(O)CN1CCCC1C1CCCN1. The number of aliphatic hydroxyl groups is 1. The minimum absolute atomic E-state index is 0.554. The topological polar surface area (TPSA) is 35.5 Å². The average molecular weight is 212 g/mol. The normalized spacial score (nSPS) is 33.8. The van der Waals surface area contributed by atoms with Gasteiger partial charge in [0, 0.05) is 18.6 Å². The van der Waals surface area contributed by atoms with Crippen LogP contribution in [0.1, 0.15) is 39.5 Å². The lowest BCUT2D eigenvalue weighted by molar-refractivity contribution is 0.0276. The Morgan fingerprint density at radius 1 is 1.33 bits per heavy atom. The molecule has 2 aliphatic rings. The molecule has 88 valence electrons. The average Bonchev–Trinajstić information content (AvgIpc) is 2.68. The van der Waals surface area contributed by atoms with E-state index < -0.39 is 5.60 Å². The molecule has 0 radical (unpaired) electrons. The van der Waals surface area contributed by atoms with Crippen molar-refractivity contribution in [3.05, 3.63) is 0 Å². The standard InChI is InChI=1S/C12H24N2O/c1-12(2,15)9-14-8-4-6-11(14)10-5-3-7-13-10/h10-11,13,15H,3-9H2,1-2H3. The van der Waals surface area contributed by atoms with Crippen molar-refractivity contribution in [1.29, 1.82) is 0 Å². The number of nitrogens with one attached hydrogen (secondary N) is 1. The Balaban J connectivity index is 1.92. The molecule has 0 aromatic heterocycles. The zero-order chi connectivity index (χ0) is 10.9. The maximum absolute atomic E-state index is 9.88. The van der Waals surface area contributed by atoms with Gasteiger partial charge in [0.15, 0.2) is 0 Å². The lowest BCUT2D eigenvalue weighted by Crippen LogP contribution is -2.48. The van der Waals surface area contributed by atoms with Crippen molar-refractivity contribution in [1.82, 2.24) is 10.2 Å². The summed E-state index contributed by atoms with van der Waals surface area (Å²) in [5, 5.41) is 13.5. The predicted octanol–water partition coefficient (Wildman–Crippen LogP) is 0.974. The first-order chi connectivity index (χ1) is 7.06. The first kappa shape index (κ1) is 11.4. The minimum atomic E-state index is -0.554. The number of hydrogen-bond acceptors (Lipinski definition) is 3. The summed E-state index contributed by atoms with van der Waals surface area (Å²) in [6.07, 6.45) is 5.22. The van der Waals surface area contributed by atoms with Gasteiger partial charge in [-0.15, -0.1) is 0 Å². The van der Waals surface area contributed by atoms with Crippen LogP contribution >= 0.6 is 0 Å². The van der Waals surface area contributed by atoms with Gasteiger partial charge in [-0.2, -0.15) is 0 Å². The van der Waals surface area contributed by atoms with Gasteiger partial charge in [-0.25, -0.2) is 0 Å². The first-order valence-corrected chi connectivity index (χ1v) is 6.26. The second kappa shape index (κ2) is 4.40. The van der Waals surface area contributed by atoms with Crippen molar-refractivity contribution < 1.29 is 5.11 Å². The quantitative estimate of drug-likeness (QED) is 0.732. The number of nitrogens with zero attached hydrogens (tertiary/aromatic N) is 1. The number of likely N-dealkylation sites (tertiary alicyclic amines) is 1. The zero-order valence-corrected chi connectivity index (χ0v) is 10.00. The van der Waals surface area contributed by atoms with Gasteiger partial charge in [-0.05, 0) is 52.6 Å². The lowest BCUT2D eigenvalue weighted by Gasteiger charge is -2.33. The molecule has 0 amide bonds. The Kier molecular flexibility index (Phi) is 3.33. The molecule has 3 nitrogen and oxygen atoms in total. The van der Waals surface area contributed by atoms with Crippen molar-refractivity contribution in [2.75, 3.05) is 19.6 Å². The molecule has 2 heterocycles. The van der Waals surface area contributed by atoms with E-state index in [0.29, 0.717) is 12.1 Å². The highest BCUT2D eigenvalue weighted by atomic mass is 16.3. The van der Waals surface area contributed by atoms with Gasteiger partial charge in [-0.3, -0.25) is 4.90 Å². The smallest absolute Gasteiger partial charge is 0.0718 e. The van der Waals surface area contributed by atoms with Gasteiger partial charge in [0.2, 0.25) is 0 Å². The highest BCUT2D eigenvalue weighted by molar-refractivity contribution is 4.93. The van der Waals surface area contributed by atoms with E-state index in [4.69, 9.17) is 0 Å². The molecular formula is C12H24N2O. The van der Waals surface area contributed by atoms with E-state index in [1.807, 2.05) is 13.8 Å². The molecule has 0 aromatic carbocycles. The summed E-state index contributed by atoms with van der Waals surface area (Å²) >= 11 is 0. The zero-order valence-electron chi connectivity index (χ0n) is 10.00. The van der Waals surface area contributed by atoms with Gasteiger partial charge in [0.1, 0.15) is 0 Å². The maximum Gasteiger partial charge on any atom is 0.0718 e. The third kappa shape index (κ3) is 2.92. The molecular weight excluding hydrogens is 188 g/mol. The van der Waals surface area contributed by atoms with E-state index in [9.17, 15) is 5.11 Å². The van der Waals surface area contributed by atoms with Gasteiger partial charge >= 0.3 is 0 Å². The third-order valence-corrected chi connectivity index (χ3v) is 3.57. The van der Waals surface area contributed by atoms with Gasteiger partial charge in [0.05, 0.1) is 5.60 Å². The second-order valence-electron chi connectivity index (χ2n) is 5.70. The van der Waals surface area contributed by atoms with Gasteiger partial charge in [-0.1, -0.05) is 0 Å². The first-order valence-electron chi connectivity index (χ1n) is 6.26. The van der Waals surface area contributed by atoms with E-state index in [1.54, 1.807) is 0 Å². The lowest BCUT2D eigenvalue weighted by atomic mass is 10.0. The summed E-state index contributed by atoms with van der Waals surface area (Å²) in [5.41, 5.74) is -0.554. The van der Waals surface area contributed by atoms with Crippen molar-refractivity contribution in [3.63, 3.8) is 0 Å². The van der Waals surface area contributed by atoms with Crippen LogP contribution in [0.4, 0.5) is 0 Å². The van der Waals surface area contributed by atoms with Crippen LogP contribution in [0, 0.1) is 0 Å². The summed E-state index contributed by atoms with van der Waals surface area (Å²) in [6, 6.07) is 1.34. The fraction of sp³-hybridized carbons (Fsp3) is 1.00. The molecule has 2 fully saturated rings. The Bertz CT molecular complexity index is 206. The van der Waals surface area contributed by atoms with E-state index >= 15 is 0 Å².